The molecule has 0 amide bonds. The van der Waals surface area contributed by atoms with Crippen LogP contribution in [0.15, 0.2) is 48.0 Å². The smallest absolute Gasteiger partial charge is 0.157 e. The first-order valence-electron chi connectivity index (χ1n) is 9.27. The average Bonchev–Trinajstić information content (AvgIpc) is 3.04. The maximum absolute atomic E-state index is 9.14. The molecule has 0 bridgehead atoms. The van der Waals surface area contributed by atoms with Crippen LogP contribution in [0.3, 0.4) is 0 Å². The van der Waals surface area contributed by atoms with Gasteiger partial charge < -0.3 is 9.94 Å². The summed E-state index contributed by atoms with van der Waals surface area (Å²) in [6.45, 7) is 7.85. The summed E-state index contributed by atoms with van der Waals surface area (Å²) in [4.78, 5) is 13.1. The molecule has 7 nitrogen and oxygen atoms in total. The number of benzene rings is 1. The van der Waals surface area contributed by atoms with E-state index in [-0.39, 0.29) is 6.73 Å². The van der Waals surface area contributed by atoms with E-state index in [2.05, 4.69) is 39.7 Å². The first-order valence-corrected chi connectivity index (χ1v) is 13.4. The van der Waals surface area contributed by atoms with Crippen LogP contribution in [0.25, 0.3) is 22.6 Å². The van der Waals surface area contributed by atoms with E-state index in [4.69, 9.17) is 21.5 Å². The molecular weight excluding hydrogens is 406 g/mol. The third-order valence-corrected chi connectivity index (χ3v) is 6.29. The zero-order valence-corrected chi connectivity index (χ0v) is 18.5. The third-order valence-electron chi connectivity index (χ3n) is 4.33. The molecule has 152 valence electrons. The predicted molar refractivity (Wildman–Crippen MR) is 117 cm³/mol. The van der Waals surface area contributed by atoms with E-state index in [1.165, 1.54) is 12.5 Å². The van der Waals surface area contributed by atoms with Crippen LogP contribution >= 0.6 is 11.6 Å². The lowest BCUT2D eigenvalue weighted by molar-refractivity contribution is 0.0878. The molecule has 2 heterocycles. The van der Waals surface area contributed by atoms with Crippen LogP contribution in [0, 0.1) is 0 Å². The fourth-order valence-corrected chi connectivity index (χ4v) is 3.67. The molecule has 0 aliphatic carbocycles. The molecule has 0 fully saturated rings. The predicted octanol–water partition coefficient (Wildman–Crippen LogP) is 4.78. The summed E-state index contributed by atoms with van der Waals surface area (Å²) in [5, 5.41) is 13.0. The Kier molecular flexibility index (Phi) is 6.78. The van der Waals surface area contributed by atoms with Crippen molar-refractivity contribution in [3.63, 3.8) is 0 Å². The van der Waals surface area contributed by atoms with Gasteiger partial charge in [0.1, 0.15) is 19.3 Å². The molecule has 1 aromatic carbocycles. The molecule has 0 saturated carbocycles. The number of ether oxygens (including phenoxy) is 1. The SMILES string of the molecule is C[Si](C)(C)CCOCn1c(C=NO)nc(-c2ccc(Cl)cc2)c1-c1ccncn1. The maximum atomic E-state index is 9.14. The highest BCUT2D eigenvalue weighted by Crippen LogP contribution is 2.32. The first-order chi connectivity index (χ1) is 13.9. The fourth-order valence-electron chi connectivity index (χ4n) is 2.78. The van der Waals surface area contributed by atoms with Crippen molar-refractivity contribution in [2.75, 3.05) is 6.61 Å². The topological polar surface area (TPSA) is 85.4 Å². The molecule has 3 aromatic rings. The van der Waals surface area contributed by atoms with Gasteiger partial charge in [0.05, 0.1) is 17.1 Å². The van der Waals surface area contributed by atoms with Gasteiger partial charge in [0, 0.05) is 31.5 Å². The number of rotatable bonds is 8. The molecule has 9 heteroatoms. The second-order valence-electron chi connectivity index (χ2n) is 7.79. The molecular formula is C20H24ClN5O2Si. The number of oxime groups is 1. The van der Waals surface area contributed by atoms with Crippen LogP contribution in [0.5, 0.6) is 0 Å². The fraction of sp³-hybridized carbons (Fsp3) is 0.300. The number of imidazole rings is 1. The van der Waals surface area contributed by atoms with Crippen molar-refractivity contribution in [2.45, 2.75) is 32.4 Å². The van der Waals surface area contributed by atoms with E-state index in [0.717, 1.165) is 17.3 Å². The quantitative estimate of drug-likeness (QED) is 0.183. The molecule has 1 N–H and O–H groups in total. The molecule has 0 saturated heterocycles. The van der Waals surface area contributed by atoms with Gasteiger partial charge in [0.25, 0.3) is 0 Å². The van der Waals surface area contributed by atoms with E-state index in [1.807, 2.05) is 34.9 Å². The normalized spacial score (nSPS) is 12.0. The van der Waals surface area contributed by atoms with Gasteiger partial charge in [-0.1, -0.05) is 48.5 Å². The van der Waals surface area contributed by atoms with Crippen molar-refractivity contribution >= 4 is 25.9 Å². The number of aromatic nitrogens is 4. The Balaban J connectivity index is 2.05. The van der Waals surface area contributed by atoms with E-state index in [9.17, 15) is 0 Å². The summed E-state index contributed by atoms with van der Waals surface area (Å²) < 4.78 is 7.82. The lowest BCUT2D eigenvalue weighted by Crippen LogP contribution is -2.22. The zero-order valence-electron chi connectivity index (χ0n) is 16.7. The number of hydrogen-bond acceptors (Lipinski definition) is 6. The van der Waals surface area contributed by atoms with E-state index in [0.29, 0.717) is 28.8 Å². The lowest BCUT2D eigenvalue weighted by atomic mass is 10.1. The zero-order chi connectivity index (χ0) is 20.9. The molecule has 2 aromatic heterocycles. The molecule has 0 radical (unpaired) electrons. The van der Waals surface area contributed by atoms with Gasteiger partial charge in [0.2, 0.25) is 0 Å². The maximum Gasteiger partial charge on any atom is 0.157 e. The van der Waals surface area contributed by atoms with Crippen LogP contribution < -0.4 is 0 Å². The van der Waals surface area contributed by atoms with Gasteiger partial charge >= 0.3 is 0 Å². The third kappa shape index (κ3) is 5.50. The average molecular weight is 430 g/mol. The summed E-state index contributed by atoms with van der Waals surface area (Å²) in [7, 11) is -1.20. The minimum Gasteiger partial charge on any atom is -0.411 e. The van der Waals surface area contributed by atoms with Crippen LogP contribution in [0.1, 0.15) is 5.82 Å². The van der Waals surface area contributed by atoms with Crippen molar-refractivity contribution in [1.82, 2.24) is 19.5 Å². The molecule has 0 aliphatic rings. The molecule has 0 unspecified atom stereocenters. The summed E-state index contributed by atoms with van der Waals surface area (Å²) >= 11 is 6.05. The molecule has 3 rings (SSSR count). The summed E-state index contributed by atoms with van der Waals surface area (Å²) in [5.74, 6) is 0.471. The van der Waals surface area contributed by atoms with Crippen molar-refractivity contribution in [3.8, 4) is 22.6 Å². The van der Waals surface area contributed by atoms with Crippen LogP contribution in [-0.2, 0) is 11.5 Å². The largest absolute Gasteiger partial charge is 0.411 e. The molecule has 29 heavy (non-hydrogen) atoms. The number of nitrogens with zero attached hydrogens (tertiary/aromatic N) is 5. The van der Waals surface area contributed by atoms with Gasteiger partial charge in [-0.2, -0.15) is 0 Å². The second-order valence-corrected chi connectivity index (χ2v) is 13.8. The van der Waals surface area contributed by atoms with Crippen LogP contribution in [-0.4, -0.2) is 45.6 Å². The van der Waals surface area contributed by atoms with Crippen molar-refractivity contribution in [2.24, 2.45) is 5.16 Å². The molecule has 0 aliphatic heterocycles. The number of hydrogen-bond donors (Lipinski definition) is 1. The Morgan fingerprint density at radius 2 is 1.97 bits per heavy atom. The molecule has 0 atom stereocenters. The summed E-state index contributed by atoms with van der Waals surface area (Å²) in [5.41, 5.74) is 3.03. The minimum absolute atomic E-state index is 0.270. The highest BCUT2D eigenvalue weighted by Gasteiger charge is 2.21. The van der Waals surface area contributed by atoms with Crippen molar-refractivity contribution in [3.05, 3.63) is 53.7 Å². The van der Waals surface area contributed by atoms with E-state index < -0.39 is 8.07 Å². The Morgan fingerprint density at radius 1 is 1.21 bits per heavy atom. The highest BCUT2D eigenvalue weighted by atomic mass is 35.5. The van der Waals surface area contributed by atoms with Gasteiger partial charge in [0.15, 0.2) is 5.82 Å². The van der Waals surface area contributed by atoms with E-state index >= 15 is 0 Å². The Hall–Kier alpha value is -2.55. The monoisotopic (exact) mass is 429 g/mol. The van der Waals surface area contributed by atoms with Gasteiger partial charge in [-0.05, 0) is 24.2 Å². The second kappa shape index (κ2) is 9.30. The molecule has 0 spiro atoms. The van der Waals surface area contributed by atoms with Crippen molar-refractivity contribution in [1.29, 1.82) is 0 Å². The first kappa shape index (κ1) is 21.2. The standard InChI is InChI=1S/C20H24ClN5O2Si/c1-29(2,3)11-10-28-14-26-18(12-24-27)25-19(15-4-6-16(21)7-5-15)20(26)17-8-9-22-13-23-17/h4-9,12-13,27H,10-11,14H2,1-3H3. The highest BCUT2D eigenvalue weighted by molar-refractivity contribution is 6.76. The Labute approximate surface area is 176 Å². The van der Waals surface area contributed by atoms with Gasteiger partial charge in [-0.15, -0.1) is 0 Å². The van der Waals surface area contributed by atoms with Gasteiger partial charge in [-0.3, -0.25) is 4.57 Å². The van der Waals surface area contributed by atoms with Crippen molar-refractivity contribution < 1.29 is 9.94 Å². The van der Waals surface area contributed by atoms with Gasteiger partial charge in [-0.25, -0.2) is 15.0 Å². The summed E-state index contributed by atoms with van der Waals surface area (Å²) in [6.07, 6.45) is 4.47. The number of halogens is 1. The van der Waals surface area contributed by atoms with Crippen LogP contribution in [0.4, 0.5) is 0 Å². The van der Waals surface area contributed by atoms with E-state index in [1.54, 1.807) is 6.20 Å². The lowest BCUT2D eigenvalue weighted by Gasteiger charge is -2.16. The Bertz CT molecular complexity index is 969. The summed E-state index contributed by atoms with van der Waals surface area (Å²) in [6, 6.07) is 10.3. The Morgan fingerprint density at radius 3 is 2.59 bits per heavy atom. The van der Waals surface area contributed by atoms with Crippen LogP contribution in [0.2, 0.25) is 30.7 Å². The minimum atomic E-state index is -1.20.